The molecule has 7 nitrogen and oxygen atoms in total. The fourth-order valence-corrected chi connectivity index (χ4v) is 4.21. The lowest BCUT2D eigenvalue weighted by Gasteiger charge is -2.41. The van der Waals surface area contributed by atoms with E-state index in [2.05, 4.69) is 20.9 Å². The Hall–Kier alpha value is -2.51. The van der Waals surface area contributed by atoms with Crippen LogP contribution in [0.1, 0.15) is 49.0 Å². The van der Waals surface area contributed by atoms with E-state index in [4.69, 9.17) is 15.5 Å². The van der Waals surface area contributed by atoms with E-state index in [0.717, 1.165) is 54.4 Å². The van der Waals surface area contributed by atoms with Crippen molar-refractivity contribution in [2.45, 2.75) is 45.1 Å². The molecule has 1 aromatic heterocycles. The molecule has 7 heteroatoms. The van der Waals surface area contributed by atoms with Crippen molar-refractivity contribution in [2.75, 3.05) is 18.0 Å². The SMILES string of the molecule is C.N[C@@H]1c2ccccc2OC12CCN(c1nc3c(nc1CO)C=NC3)CC2. The van der Waals surface area contributed by atoms with Crippen molar-refractivity contribution in [3.63, 3.8) is 0 Å². The van der Waals surface area contributed by atoms with Crippen LogP contribution in [-0.4, -0.2) is 40.0 Å². The fraction of sp³-hybridized carbons (Fsp3) is 0.450. The fourth-order valence-electron chi connectivity index (χ4n) is 4.21. The van der Waals surface area contributed by atoms with Crippen LogP contribution < -0.4 is 15.4 Å². The van der Waals surface area contributed by atoms with Crippen LogP contribution in [-0.2, 0) is 13.2 Å². The second kappa shape index (κ2) is 6.58. The molecule has 2 aromatic rings. The number of aliphatic hydroxyl groups is 1. The summed E-state index contributed by atoms with van der Waals surface area (Å²) in [5, 5.41) is 9.73. The third-order valence-corrected chi connectivity index (χ3v) is 5.70. The van der Waals surface area contributed by atoms with Gasteiger partial charge in [-0.15, -0.1) is 0 Å². The molecular weight excluding hydrogens is 342 g/mol. The molecule has 5 rings (SSSR count). The summed E-state index contributed by atoms with van der Waals surface area (Å²) in [6.07, 6.45) is 3.34. The molecule has 1 fully saturated rings. The number of anilines is 1. The van der Waals surface area contributed by atoms with Crippen molar-refractivity contribution in [1.29, 1.82) is 0 Å². The van der Waals surface area contributed by atoms with Crippen LogP contribution in [0.25, 0.3) is 0 Å². The number of rotatable bonds is 2. The predicted octanol–water partition coefficient (Wildman–Crippen LogP) is 1.97. The van der Waals surface area contributed by atoms with E-state index in [-0.39, 0.29) is 25.7 Å². The molecule has 1 atom stereocenters. The second-order valence-corrected chi connectivity index (χ2v) is 7.12. The molecule has 0 bridgehead atoms. The number of hydrogen-bond donors (Lipinski definition) is 2. The van der Waals surface area contributed by atoms with Gasteiger partial charge in [-0.2, -0.15) is 0 Å². The predicted molar refractivity (Wildman–Crippen MR) is 104 cm³/mol. The highest BCUT2D eigenvalue weighted by atomic mass is 16.5. The molecule has 1 aromatic carbocycles. The van der Waals surface area contributed by atoms with Gasteiger partial charge in [0, 0.05) is 37.7 Å². The van der Waals surface area contributed by atoms with Gasteiger partial charge in [0.15, 0.2) is 5.82 Å². The summed E-state index contributed by atoms with van der Waals surface area (Å²) in [6, 6.07) is 7.92. The van der Waals surface area contributed by atoms with Gasteiger partial charge < -0.3 is 20.5 Å². The van der Waals surface area contributed by atoms with Crippen LogP contribution >= 0.6 is 0 Å². The van der Waals surface area contributed by atoms with Crippen molar-refractivity contribution in [3.05, 3.63) is 46.9 Å². The first-order chi connectivity index (χ1) is 12.7. The van der Waals surface area contributed by atoms with E-state index in [9.17, 15) is 5.11 Å². The molecule has 0 saturated carbocycles. The van der Waals surface area contributed by atoms with Crippen LogP contribution in [0.15, 0.2) is 29.3 Å². The average Bonchev–Trinajstić information content (AvgIpc) is 3.24. The Bertz CT molecular complexity index is 890. The summed E-state index contributed by atoms with van der Waals surface area (Å²) in [5.41, 5.74) is 9.52. The zero-order valence-electron chi connectivity index (χ0n) is 14.4. The molecular formula is C20H25N5O2. The maximum Gasteiger partial charge on any atom is 0.153 e. The maximum absolute atomic E-state index is 9.73. The van der Waals surface area contributed by atoms with Gasteiger partial charge in [-0.25, -0.2) is 9.97 Å². The number of hydrogen-bond acceptors (Lipinski definition) is 7. The standard InChI is InChI=1S/C19H21N5O2.CH4/c20-17-12-3-1-2-4-16(12)26-19(17)5-7-24(8-6-19)18-15(11-25)22-13-9-21-10-14(13)23-18;/h1-4,9,17,25H,5-8,10-11,20H2;1H4/t17-;/m1./s1. The van der Waals surface area contributed by atoms with E-state index >= 15 is 0 Å². The minimum absolute atomic E-state index is 0. The minimum atomic E-state index is -0.354. The van der Waals surface area contributed by atoms with Crippen LogP contribution in [0, 0.1) is 0 Å². The smallest absolute Gasteiger partial charge is 0.153 e. The molecule has 142 valence electrons. The van der Waals surface area contributed by atoms with Crippen LogP contribution in [0.3, 0.4) is 0 Å². The molecule has 3 aliphatic rings. The molecule has 0 radical (unpaired) electrons. The number of nitrogens with zero attached hydrogens (tertiary/aromatic N) is 4. The van der Waals surface area contributed by atoms with E-state index < -0.39 is 0 Å². The highest BCUT2D eigenvalue weighted by Gasteiger charge is 2.48. The lowest BCUT2D eigenvalue weighted by Crippen LogP contribution is -2.51. The molecule has 3 N–H and O–H groups in total. The number of nitrogens with two attached hydrogens (primary N) is 1. The van der Waals surface area contributed by atoms with Gasteiger partial charge in [0.25, 0.3) is 0 Å². The van der Waals surface area contributed by atoms with Gasteiger partial charge in [-0.3, -0.25) is 4.99 Å². The minimum Gasteiger partial charge on any atom is -0.485 e. The van der Waals surface area contributed by atoms with Crippen molar-refractivity contribution in [1.82, 2.24) is 9.97 Å². The van der Waals surface area contributed by atoms with Gasteiger partial charge in [0.05, 0.1) is 24.9 Å². The maximum atomic E-state index is 9.73. The first-order valence-corrected chi connectivity index (χ1v) is 8.99. The summed E-state index contributed by atoms with van der Waals surface area (Å²) in [4.78, 5) is 15.7. The van der Waals surface area contributed by atoms with Gasteiger partial charge in [0.1, 0.15) is 22.7 Å². The van der Waals surface area contributed by atoms with Crippen LogP contribution in [0.2, 0.25) is 0 Å². The van der Waals surface area contributed by atoms with E-state index in [0.29, 0.717) is 12.2 Å². The Kier molecular flexibility index (Phi) is 4.36. The Morgan fingerprint density at radius 3 is 2.74 bits per heavy atom. The summed E-state index contributed by atoms with van der Waals surface area (Å²) in [6.45, 7) is 1.96. The number of para-hydroxylation sites is 1. The number of piperidine rings is 1. The molecule has 1 saturated heterocycles. The largest absolute Gasteiger partial charge is 0.485 e. The summed E-state index contributed by atoms with van der Waals surface area (Å²) < 4.78 is 6.31. The Morgan fingerprint density at radius 1 is 1.22 bits per heavy atom. The first-order valence-electron chi connectivity index (χ1n) is 8.99. The molecule has 27 heavy (non-hydrogen) atoms. The number of aliphatic hydroxyl groups excluding tert-OH is 1. The van der Waals surface area contributed by atoms with Gasteiger partial charge >= 0.3 is 0 Å². The number of fused-ring (bicyclic) bond motifs is 2. The lowest BCUT2D eigenvalue weighted by molar-refractivity contribution is 0.0430. The van der Waals surface area contributed by atoms with Crippen molar-refractivity contribution < 1.29 is 9.84 Å². The Balaban J connectivity index is 0.00000180. The summed E-state index contributed by atoms with van der Waals surface area (Å²) in [7, 11) is 0. The van der Waals surface area contributed by atoms with Crippen molar-refractivity contribution in [2.24, 2.45) is 10.7 Å². The quantitative estimate of drug-likeness (QED) is 0.842. The normalized spacial score (nSPS) is 21.6. The highest BCUT2D eigenvalue weighted by Crippen LogP contribution is 2.47. The Morgan fingerprint density at radius 2 is 2.00 bits per heavy atom. The second-order valence-electron chi connectivity index (χ2n) is 7.12. The van der Waals surface area contributed by atoms with Crippen LogP contribution in [0.4, 0.5) is 5.82 Å². The van der Waals surface area contributed by atoms with Crippen LogP contribution in [0.5, 0.6) is 5.75 Å². The molecule has 1 spiro atoms. The van der Waals surface area contributed by atoms with Crippen molar-refractivity contribution in [3.8, 4) is 5.75 Å². The number of benzene rings is 1. The molecule has 0 aliphatic carbocycles. The van der Waals surface area contributed by atoms with E-state index in [1.165, 1.54) is 0 Å². The Labute approximate surface area is 158 Å². The number of ether oxygens (including phenoxy) is 1. The third-order valence-electron chi connectivity index (χ3n) is 5.70. The topological polar surface area (TPSA) is 96.9 Å². The van der Waals surface area contributed by atoms with Gasteiger partial charge in [-0.1, -0.05) is 25.6 Å². The monoisotopic (exact) mass is 367 g/mol. The molecule has 0 unspecified atom stereocenters. The first kappa shape index (κ1) is 17.9. The molecule has 3 aliphatic heterocycles. The molecule has 4 heterocycles. The summed E-state index contributed by atoms with van der Waals surface area (Å²) >= 11 is 0. The third kappa shape index (κ3) is 2.69. The molecule has 0 amide bonds. The van der Waals surface area contributed by atoms with Gasteiger partial charge in [-0.05, 0) is 6.07 Å². The van der Waals surface area contributed by atoms with Gasteiger partial charge in [0.2, 0.25) is 0 Å². The average molecular weight is 367 g/mol. The summed E-state index contributed by atoms with van der Waals surface area (Å²) in [5.74, 6) is 1.66. The number of aliphatic imine (C=N–C) groups is 1. The highest BCUT2D eigenvalue weighted by molar-refractivity contribution is 5.81. The number of aromatic nitrogens is 2. The van der Waals surface area contributed by atoms with E-state index in [1.807, 2.05) is 18.2 Å². The lowest BCUT2D eigenvalue weighted by atomic mass is 9.83. The van der Waals surface area contributed by atoms with Crippen molar-refractivity contribution >= 4 is 12.0 Å². The zero-order chi connectivity index (χ0) is 17.7. The van der Waals surface area contributed by atoms with E-state index in [1.54, 1.807) is 6.21 Å². The zero-order valence-corrected chi connectivity index (χ0v) is 14.4.